The van der Waals surface area contributed by atoms with Gasteiger partial charge in [-0.3, -0.25) is 9.69 Å². The van der Waals surface area contributed by atoms with Crippen LogP contribution in [0.25, 0.3) is 5.69 Å². The van der Waals surface area contributed by atoms with Crippen molar-refractivity contribution in [1.29, 1.82) is 0 Å². The molecule has 0 N–H and O–H groups in total. The Bertz CT molecular complexity index is 555. The van der Waals surface area contributed by atoms with E-state index >= 15 is 0 Å². The minimum atomic E-state index is -0.223. The molecule has 0 unspecified atom stereocenters. The van der Waals surface area contributed by atoms with Crippen LogP contribution in [0, 0.1) is 0 Å². The number of nitrogens with zero attached hydrogens (tertiary/aromatic N) is 5. The average Bonchev–Trinajstić information content (AvgIpc) is 2.93. The van der Waals surface area contributed by atoms with Gasteiger partial charge in [-0.1, -0.05) is 18.2 Å². The van der Waals surface area contributed by atoms with Gasteiger partial charge in [-0.2, -0.15) is 4.68 Å². The van der Waals surface area contributed by atoms with Crippen molar-refractivity contribution < 1.29 is 9.53 Å². The molecular weight excluding hydrogens is 258 g/mol. The van der Waals surface area contributed by atoms with E-state index in [1.165, 1.54) is 7.11 Å². The highest BCUT2D eigenvalue weighted by atomic mass is 16.5. The largest absolute Gasteiger partial charge is 0.469 e. The molecule has 7 nitrogen and oxygen atoms in total. The maximum atomic E-state index is 11.1. The molecule has 0 bridgehead atoms. The maximum absolute atomic E-state index is 11.1. The summed E-state index contributed by atoms with van der Waals surface area (Å²) in [6.45, 7) is 1.15. The SMILES string of the molecule is COC(=O)CCN(C)Cc1nnnn1-c1ccccc1. The molecule has 0 aliphatic rings. The fourth-order valence-electron chi connectivity index (χ4n) is 1.78. The highest BCUT2D eigenvalue weighted by molar-refractivity contribution is 5.69. The third kappa shape index (κ3) is 3.61. The monoisotopic (exact) mass is 275 g/mol. The van der Waals surface area contributed by atoms with Crippen LogP contribution >= 0.6 is 0 Å². The first-order valence-corrected chi connectivity index (χ1v) is 6.28. The number of methoxy groups -OCH3 is 1. The molecule has 0 amide bonds. The van der Waals surface area contributed by atoms with Crippen LogP contribution in [0.4, 0.5) is 0 Å². The molecule has 1 aromatic carbocycles. The first-order chi connectivity index (χ1) is 9.70. The zero-order valence-electron chi connectivity index (χ0n) is 11.6. The van der Waals surface area contributed by atoms with Crippen molar-refractivity contribution in [3.05, 3.63) is 36.2 Å². The van der Waals surface area contributed by atoms with Gasteiger partial charge in [0.05, 0.1) is 25.8 Å². The van der Waals surface area contributed by atoms with Crippen LogP contribution < -0.4 is 0 Å². The molecular formula is C13H17N5O2. The smallest absolute Gasteiger partial charge is 0.306 e. The Morgan fingerprint density at radius 2 is 2.10 bits per heavy atom. The van der Waals surface area contributed by atoms with Crippen molar-refractivity contribution in [2.75, 3.05) is 20.7 Å². The molecule has 0 atom stereocenters. The normalized spacial score (nSPS) is 10.8. The number of hydrogen-bond donors (Lipinski definition) is 0. The summed E-state index contributed by atoms with van der Waals surface area (Å²) >= 11 is 0. The highest BCUT2D eigenvalue weighted by Gasteiger charge is 2.11. The molecule has 0 saturated heterocycles. The molecule has 106 valence electrons. The van der Waals surface area contributed by atoms with Crippen molar-refractivity contribution in [3.8, 4) is 5.69 Å². The fraction of sp³-hybridized carbons (Fsp3) is 0.385. The lowest BCUT2D eigenvalue weighted by Crippen LogP contribution is -2.23. The Morgan fingerprint density at radius 1 is 1.35 bits per heavy atom. The van der Waals surface area contributed by atoms with Crippen molar-refractivity contribution in [1.82, 2.24) is 25.1 Å². The zero-order chi connectivity index (χ0) is 14.4. The second-order valence-electron chi connectivity index (χ2n) is 4.41. The van der Waals surface area contributed by atoms with E-state index in [1.54, 1.807) is 4.68 Å². The number of esters is 1. The van der Waals surface area contributed by atoms with Crippen molar-refractivity contribution >= 4 is 5.97 Å². The van der Waals surface area contributed by atoms with Crippen LogP contribution in [0.2, 0.25) is 0 Å². The summed E-state index contributed by atoms with van der Waals surface area (Å²) in [5.41, 5.74) is 0.911. The quantitative estimate of drug-likeness (QED) is 0.721. The van der Waals surface area contributed by atoms with Gasteiger partial charge in [0, 0.05) is 6.54 Å². The van der Waals surface area contributed by atoms with Crippen molar-refractivity contribution in [2.45, 2.75) is 13.0 Å². The standard InChI is InChI=1S/C13H17N5O2/c1-17(9-8-13(19)20-2)10-12-14-15-16-18(12)11-6-4-3-5-7-11/h3-7H,8-10H2,1-2H3. The summed E-state index contributed by atoms with van der Waals surface area (Å²) in [7, 11) is 3.30. The van der Waals surface area contributed by atoms with Crippen LogP contribution in [-0.2, 0) is 16.1 Å². The molecule has 20 heavy (non-hydrogen) atoms. The topological polar surface area (TPSA) is 73.1 Å². The summed E-state index contributed by atoms with van der Waals surface area (Å²) in [6, 6.07) is 9.68. The van der Waals surface area contributed by atoms with Crippen LogP contribution in [-0.4, -0.2) is 51.8 Å². The number of tetrazole rings is 1. The van der Waals surface area contributed by atoms with Gasteiger partial charge in [-0.25, -0.2) is 0 Å². The summed E-state index contributed by atoms with van der Waals surface area (Å²) in [6.07, 6.45) is 0.347. The number of hydrogen-bond acceptors (Lipinski definition) is 6. The maximum Gasteiger partial charge on any atom is 0.306 e. The van der Waals surface area contributed by atoms with Gasteiger partial charge >= 0.3 is 5.97 Å². The van der Waals surface area contributed by atoms with Crippen molar-refractivity contribution in [3.63, 3.8) is 0 Å². The van der Waals surface area contributed by atoms with E-state index in [9.17, 15) is 4.79 Å². The molecule has 2 aromatic rings. The van der Waals surface area contributed by atoms with Gasteiger partial charge in [0.25, 0.3) is 0 Å². The third-order valence-electron chi connectivity index (χ3n) is 2.87. The summed E-state index contributed by atoms with van der Waals surface area (Å²) < 4.78 is 6.31. The van der Waals surface area contributed by atoms with E-state index in [2.05, 4.69) is 20.3 Å². The van der Waals surface area contributed by atoms with E-state index in [-0.39, 0.29) is 5.97 Å². The molecule has 7 heteroatoms. The van der Waals surface area contributed by atoms with Gasteiger partial charge in [-0.05, 0) is 29.6 Å². The lowest BCUT2D eigenvalue weighted by atomic mass is 10.3. The van der Waals surface area contributed by atoms with Crippen LogP contribution in [0.1, 0.15) is 12.2 Å². The fourth-order valence-corrected chi connectivity index (χ4v) is 1.78. The molecule has 0 saturated carbocycles. The van der Waals surface area contributed by atoms with Crippen LogP contribution in [0.5, 0.6) is 0 Å². The second-order valence-corrected chi connectivity index (χ2v) is 4.41. The van der Waals surface area contributed by atoms with Gasteiger partial charge in [0.15, 0.2) is 5.82 Å². The number of aromatic nitrogens is 4. The van der Waals surface area contributed by atoms with Crippen LogP contribution in [0.3, 0.4) is 0 Å². The first-order valence-electron chi connectivity index (χ1n) is 6.28. The van der Waals surface area contributed by atoms with Gasteiger partial charge in [0.1, 0.15) is 0 Å². The average molecular weight is 275 g/mol. The van der Waals surface area contributed by atoms with E-state index in [0.717, 1.165) is 11.5 Å². The zero-order valence-corrected chi connectivity index (χ0v) is 11.6. The number of ether oxygens (including phenoxy) is 1. The first kappa shape index (κ1) is 14.1. The Labute approximate surface area is 117 Å². The molecule has 0 radical (unpaired) electrons. The number of benzene rings is 1. The number of carbonyl (C=O) groups excluding carboxylic acids is 1. The van der Waals surface area contributed by atoms with Gasteiger partial charge in [0.2, 0.25) is 0 Å². The van der Waals surface area contributed by atoms with Crippen molar-refractivity contribution in [2.24, 2.45) is 0 Å². The minimum absolute atomic E-state index is 0.223. The Balaban J connectivity index is 2.00. The Morgan fingerprint density at radius 3 is 2.80 bits per heavy atom. The molecule has 1 aromatic heterocycles. The Kier molecular flexibility index (Phi) is 4.78. The van der Waals surface area contributed by atoms with E-state index < -0.39 is 0 Å². The molecule has 2 rings (SSSR count). The van der Waals surface area contributed by atoms with E-state index in [4.69, 9.17) is 0 Å². The summed E-state index contributed by atoms with van der Waals surface area (Å²) in [4.78, 5) is 13.1. The highest BCUT2D eigenvalue weighted by Crippen LogP contribution is 2.08. The van der Waals surface area contributed by atoms with Gasteiger partial charge < -0.3 is 4.74 Å². The molecule has 0 fully saturated rings. The molecule has 0 aliphatic carbocycles. The minimum Gasteiger partial charge on any atom is -0.469 e. The van der Waals surface area contributed by atoms with E-state index in [0.29, 0.717) is 19.5 Å². The number of carbonyl (C=O) groups is 1. The van der Waals surface area contributed by atoms with Crippen LogP contribution in [0.15, 0.2) is 30.3 Å². The van der Waals surface area contributed by atoms with Gasteiger partial charge in [-0.15, -0.1) is 5.10 Å². The number of para-hydroxylation sites is 1. The lowest BCUT2D eigenvalue weighted by Gasteiger charge is -2.15. The lowest BCUT2D eigenvalue weighted by molar-refractivity contribution is -0.140. The molecule has 0 aliphatic heterocycles. The molecule has 1 heterocycles. The predicted molar refractivity (Wildman–Crippen MR) is 72.1 cm³/mol. The second kappa shape index (κ2) is 6.76. The summed E-state index contributed by atoms with van der Waals surface area (Å²) in [5, 5.41) is 11.7. The molecule has 0 spiro atoms. The van der Waals surface area contributed by atoms with E-state index in [1.807, 2.05) is 42.3 Å². The predicted octanol–water partition coefficient (Wildman–Crippen LogP) is 0.657. The summed E-state index contributed by atoms with van der Waals surface area (Å²) in [5.74, 6) is 0.503. The number of rotatable bonds is 6. The Hall–Kier alpha value is -2.28. The third-order valence-corrected chi connectivity index (χ3v) is 2.87.